The standard InChI is InChI=1S/C15H21N3O3S2.HI/c1-10-15(2,3)12-9-11(23(19,20)21)5-6-13(12)18(10)7-4-8-22-14(16)17;/h5-6,9H,4,7-8H2,1-3H3,(H3-,16,17,19,20,21);1H. The van der Waals surface area contributed by atoms with Crippen LogP contribution in [0.1, 0.15) is 32.8 Å². The molecule has 1 aliphatic rings. The molecular formula is C15H22IN3O3S2. The van der Waals surface area contributed by atoms with E-state index in [9.17, 15) is 13.0 Å². The zero-order valence-electron chi connectivity index (χ0n) is 13.8. The van der Waals surface area contributed by atoms with Crippen LogP contribution in [-0.4, -0.2) is 40.7 Å². The molecule has 134 valence electrons. The lowest BCUT2D eigenvalue weighted by atomic mass is 9.82. The third kappa shape index (κ3) is 4.30. The maximum Gasteiger partial charge on any atom is 0.294 e. The molecule has 0 spiro atoms. The molecule has 4 N–H and O–H groups in total. The summed E-state index contributed by atoms with van der Waals surface area (Å²) in [6.07, 6.45) is 0.858. The van der Waals surface area contributed by atoms with Crippen molar-refractivity contribution in [2.24, 2.45) is 5.73 Å². The smallest absolute Gasteiger partial charge is 0.294 e. The third-order valence-electron chi connectivity index (χ3n) is 4.32. The molecule has 0 saturated heterocycles. The molecule has 2 rings (SSSR count). The number of amidine groups is 1. The van der Waals surface area contributed by atoms with E-state index in [4.69, 9.17) is 11.1 Å². The number of halogens is 1. The summed E-state index contributed by atoms with van der Waals surface area (Å²) in [4.78, 5) is -0.0777. The molecule has 1 heterocycles. The van der Waals surface area contributed by atoms with Gasteiger partial charge in [-0.2, -0.15) is 13.0 Å². The minimum absolute atomic E-state index is 0. The molecule has 0 saturated carbocycles. The number of benzene rings is 1. The fourth-order valence-electron chi connectivity index (χ4n) is 2.82. The lowest BCUT2D eigenvalue weighted by molar-refractivity contribution is -0.438. The van der Waals surface area contributed by atoms with Crippen LogP contribution in [0.15, 0.2) is 23.1 Å². The predicted octanol–water partition coefficient (Wildman–Crippen LogP) is -0.650. The van der Waals surface area contributed by atoms with E-state index in [1.165, 1.54) is 17.8 Å². The molecule has 0 aromatic heterocycles. The zero-order valence-corrected chi connectivity index (χ0v) is 17.6. The molecular weight excluding hydrogens is 461 g/mol. The highest BCUT2D eigenvalue weighted by atomic mass is 127. The number of rotatable bonds is 5. The van der Waals surface area contributed by atoms with Gasteiger partial charge in [0.25, 0.3) is 10.1 Å². The van der Waals surface area contributed by atoms with E-state index in [2.05, 4.69) is 4.58 Å². The molecule has 0 radical (unpaired) electrons. The molecule has 0 atom stereocenters. The van der Waals surface area contributed by atoms with Crippen molar-refractivity contribution in [3.8, 4) is 0 Å². The van der Waals surface area contributed by atoms with Crippen LogP contribution in [0.5, 0.6) is 0 Å². The second kappa shape index (κ2) is 7.71. The molecule has 24 heavy (non-hydrogen) atoms. The number of hydrogen-bond acceptors (Lipinski definition) is 4. The molecule has 1 aromatic carbocycles. The lowest BCUT2D eigenvalue weighted by Crippen LogP contribution is -3.00. The summed E-state index contributed by atoms with van der Waals surface area (Å²) in [6, 6.07) is 4.73. The Morgan fingerprint density at radius 3 is 2.58 bits per heavy atom. The Kier molecular flexibility index (Phi) is 6.87. The van der Waals surface area contributed by atoms with Gasteiger partial charge in [0.15, 0.2) is 10.9 Å². The van der Waals surface area contributed by atoms with Crippen molar-refractivity contribution < 1.29 is 41.5 Å². The topological polar surface area (TPSA) is 107 Å². The highest BCUT2D eigenvalue weighted by molar-refractivity contribution is 8.13. The molecule has 0 fully saturated rings. The van der Waals surface area contributed by atoms with Gasteiger partial charge in [-0.1, -0.05) is 11.8 Å². The number of thioether (sulfide) groups is 1. The van der Waals surface area contributed by atoms with Gasteiger partial charge < -0.3 is 29.7 Å². The van der Waals surface area contributed by atoms with Crippen molar-refractivity contribution in [3.05, 3.63) is 23.8 Å². The van der Waals surface area contributed by atoms with Crippen LogP contribution in [-0.2, 0) is 15.5 Å². The lowest BCUT2D eigenvalue weighted by Gasteiger charge is -2.15. The molecule has 0 unspecified atom stereocenters. The van der Waals surface area contributed by atoms with Gasteiger partial charge in [0.2, 0.25) is 5.69 Å². The number of nitrogens with one attached hydrogen (secondary N) is 1. The van der Waals surface area contributed by atoms with Crippen molar-refractivity contribution >= 4 is 38.4 Å². The first-order chi connectivity index (χ1) is 10.5. The van der Waals surface area contributed by atoms with Gasteiger partial charge in [0, 0.05) is 30.7 Å². The van der Waals surface area contributed by atoms with E-state index in [-0.39, 0.29) is 39.5 Å². The van der Waals surface area contributed by atoms with Gasteiger partial charge in [0.1, 0.15) is 6.54 Å². The first-order valence-corrected chi connectivity index (χ1v) is 9.68. The summed E-state index contributed by atoms with van der Waals surface area (Å²) >= 11 is 1.32. The van der Waals surface area contributed by atoms with Crippen LogP contribution < -0.4 is 29.7 Å². The average Bonchev–Trinajstić information content (AvgIpc) is 2.62. The van der Waals surface area contributed by atoms with E-state index in [1.807, 2.05) is 20.8 Å². The molecule has 1 aliphatic heterocycles. The highest BCUT2D eigenvalue weighted by Crippen LogP contribution is 2.40. The monoisotopic (exact) mass is 483 g/mol. The maximum atomic E-state index is 11.4. The summed E-state index contributed by atoms with van der Waals surface area (Å²) in [7, 11) is -4.21. The number of fused-ring (bicyclic) bond motifs is 1. The Balaban J connectivity index is 0.00000288. The summed E-state index contributed by atoms with van der Waals surface area (Å²) in [6.45, 7) is 6.89. The van der Waals surface area contributed by atoms with Gasteiger partial charge in [-0.25, -0.2) is 0 Å². The second-order valence-corrected chi connectivity index (χ2v) is 8.64. The molecule has 0 aliphatic carbocycles. The van der Waals surface area contributed by atoms with Crippen LogP contribution in [0.2, 0.25) is 0 Å². The maximum absolute atomic E-state index is 11.4. The van der Waals surface area contributed by atoms with E-state index in [0.717, 1.165) is 35.7 Å². The van der Waals surface area contributed by atoms with Crippen LogP contribution in [0.25, 0.3) is 0 Å². The van der Waals surface area contributed by atoms with E-state index < -0.39 is 10.1 Å². The molecule has 1 aromatic rings. The van der Waals surface area contributed by atoms with Gasteiger partial charge in [-0.3, -0.25) is 9.96 Å². The average molecular weight is 483 g/mol. The van der Waals surface area contributed by atoms with Crippen LogP contribution in [0.3, 0.4) is 0 Å². The predicted molar refractivity (Wildman–Crippen MR) is 93.7 cm³/mol. The van der Waals surface area contributed by atoms with E-state index in [0.29, 0.717) is 0 Å². The molecule has 6 nitrogen and oxygen atoms in total. The van der Waals surface area contributed by atoms with E-state index >= 15 is 0 Å². The fraction of sp³-hybridized carbons (Fsp3) is 0.467. The Labute approximate surface area is 164 Å². The normalized spacial score (nSPS) is 15.8. The number of nitrogens with zero attached hydrogens (tertiary/aromatic N) is 1. The largest absolute Gasteiger partial charge is 1.00 e. The third-order valence-corrected chi connectivity index (χ3v) is 5.98. The van der Waals surface area contributed by atoms with Crippen molar-refractivity contribution in [3.63, 3.8) is 0 Å². The zero-order chi connectivity index (χ0) is 17.4. The van der Waals surface area contributed by atoms with Crippen LogP contribution >= 0.6 is 11.8 Å². The number of hydrogen-bond donors (Lipinski definition) is 3. The second-order valence-electron chi connectivity index (χ2n) is 6.08. The van der Waals surface area contributed by atoms with Crippen LogP contribution in [0, 0.1) is 5.41 Å². The Morgan fingerprint density at radius 1 is 1.42 bits per heavy atom. The SMILES string of the molecule is CC1=[N+](CCCSC(=N)N)c2ccc(S(=O)(=O)O)cc2C1(C)C.[I-]. The summed E-state index contributed by atoms with van der Waals surface area (Å²) < 4.78 is 34.2. The Bertz CT molecular complexity index is 789. The fourth-order valence-corrected chi connectivity index (χ4v) is 3.82. The molecule has 9 heteroatoms. The first kappa shape index (κ1) is 21.4. The molecule has 0 amide bonds. The Hall–Kier alpha value is -0.650. The van der Waals surface area contributed by atoms with Crippen molar-refractivity contribution in [1.29, 1.82) is 5.41 Å². The van der Waals surface area contributed by atoms with Gasteiger partial charge >= 0.3 is 0 Å². The van der Waals surface area contributed by atoms with Crippen LogP contribution in [0.4, 0.5) is 5.69 Å². The van der Waals surface area contributed by atoms with Gasteiger partial charge in [-0.05, 0) is 26.0 Å². The quantitative estimate of drug-likeness (QED) is 0.129. The first-order valence-electron chi connectivity index (χ1n) is 7.25. The minimum atomic E-state index is -4.21. The van der Waals surface area contributed by atoms with Gasteiger partial charge in [-0.15, -0.1) is 0 Å². The number of nitrogens with two attached hydrogens (primary N) is 1. The van der Waals surface area contributed by atoms with Crippen molar-refractivity contribution in [2.45, 2.75) is 37.5 Å². The summed E-state index contributed by atoms with van der Waals surface area (Å²) in [5, 5.41) is 7.34. The van der Waals surface area contributed by atoms with Crippen molar-refractivity contribution in [1.82, 2.24) is 0 Å². The minimum Gasteiger partial charge on any atom is -1.00 e. The van der Waals surface area contributed by atoms with Gasteiger partial charge in [0.05, 0.1) is 10.3 Å². The van der Waals surface area contributed by atoms with E-state index in [1.54, 1.807) is 12.1 Å². The summed E-state index contributed by atoms with van der Waals surface area (Å²) in [5.74, 6) is 0.762. The highest BCUT2D eigenvalue weighted by Gasteiger charge is 2.43. The Morgan fingerprint density at radius 2 is 2.04 bits per heavy atom. The van der Waals surface area contributed by atoms with Crippen molar-refractivity contribution in [2.75, 3.05) is 12.3 Å². The summed E-state index contributed by atoms with van der Waals surface area (Å²) in [5.41, 5.74) is 8.03. The molecule has 0 bridgehead atoms.